The number of nitrogens with one attached hydrogen (secondary N) is 1. The van der Waals surface area contributed by atoms with Crippen molar-refractivity contribution in [2.45, 2.75) is 13.0 Å². The average molecular weight is 349 g/mol. The van der Waals surface area contributed by atoms with Crippen LogP contribution in [0, 0.1) is 6.92 Å². The molecule has 0 aromatic heterocycles. The monoisotopic (exact) mass is 348 g/mol. The molecule has 0 spiro atoms. The standard InChI is InChI=1S/C21H17ClN2O/c1-14-7-10-17(11-8-14)24-20(15-5-3-2-4-6-15)18-13-16(22)9-12-19(18)23-21(24)25/h2-13,20H,1H3,(H,23,25). The Morgan fingerprint density at radius 2 is 1.68 bits per heavy atom. The number of hydrogen-bond acceptors (Lipinski definition) is 1. The van der Waals surface area contributed by atoms with Crippen LogP contribution >= 0.6 is 11.6 Å². The van der Waals surface area contributed by atoms with E-state index in [9.17, 15) is 4.79 Å². The van der Waals surface area contributed by atoms with Crippen molar-refractivity contribution in [3.05, 3.63) is 94.5 Å². The minimum absolute atomic E-state index is 0.146. The highest BCUT2D eigenvalue weighted by molar-refractivity contribution is 6.30. The SMILES string of the molecule is Cc1ccc(N2C(=O)Nc3ccc(Cl)cc3C2c2ccccc2)cc1. The molecule has 0 bridgehead atoms. The number of carbonyl (C=O) groups is 1. The van der Waals surface area contributed by atoms with Crippen molar-refractivity contribution in [1.29, 1.82) is 0 Å². The molecule has 0 saturated carbocycles. The van der Waals surface area contributed by atoms with Crippen LogP contribution in [0.1, 0.15) is 22.7 Å². The molecule has 1 N–H and O–H groups in total. The lowest BCUT2D eigenvalue weighted by Crippen LogP contribution is -2.43. The fourth-order valence-electron chi connectivity index (χ4n) is 3.24. The lowest BCUT2D eigenvalue weighted by Gasteiger charge is -2.38. The molecule has 1 aliphatic rings. The van der Waals surface area contributed by atoms with E-state index >= 15 is 0 Å². The van der Waals surface area contributed by atoms with Gasteiger partial charge in [-0.05, 0) is 42.8 Å². The quantitative estimate of drug-likeness (QED) is 0.624. The molecule has 3 aromatic rings. The number of rotatable bonds is 2. The molecule has 0 fully saturated rings. The van der Waals surface area contributed by atoms with Crippen LogP contribution in [0.2, 0.25) is 5.02 Å². The van der Waals surface area contributed by atoms with Crippen LogP contribution in [-0.2, 0) is 0 Å². The van der Waals surface area contributed by atoms with Gasteiger partial charge in [0, 0.05) is 22.0 Å². The fourth-order valence-corrected chi connectivity index (χ4v) is 3.42. The molecule has 1 unspecified atom stereocenters. The van der Waals surface area contributed by atoms with E-state index in [4.69, 9.17) is 11.6 Å². The van der Waals surface area contributed by atoms with Crippen molar-refractivity contribution < 1.29 is 4.79 Å². The Balaban J connectivity index is 1.92. The predicted octanol–water partition coefficient (Wildman–Crippen LogP) is 5.79. The molecular weight excluding hydrogens is 332 g/mol. The molecule has 0 saturated heterocycles. The number of halogens is 1. The Bertz CT molecular complexity index is 922. The Hall–Kier alpha value is -2.78. The van der Waals surface area contributed by atoms with E-state index in [2.05, 4.69) is 5.32 Å². The van der Waals surface area contributed by atoms with E-state index in [1.165, 1.54) is 0 Å². The van der Waals surface area contributed by atoms with E-state index < -0.39 is 0 Å². The van der Waals surface area contributed by atoms with Crippen LogP contribution < -0.4 is 10.2 Å². The van der Waals surface area contributed by atoms with Gasteiger partial charge in [-0.3, -0.25) is 4.90 Å². The van der Waals surface area contributed by atoms with Crippen LogP contribution in [0.4, 0.5) is 16.2 Å². The number of carbonyl (C=O) groups excluding carboxylic acids is 1. The highest BCUT2D eigenvalue weighted by atomic mass is 35.5. The molecule has 4 rings (SSSR count). The first kappa shape index (κ1) is 15.7. The maximum atomic E-state index is 12.9. The lowest BCUT2D eigenvalue weighted by molar-refractivity contribution is 0.255. The number of hydrogen-bond donors (Lipinski definition) is 1. The summed E-state index contributed by atoms with van der Waals surface area (Å²) < 4.78 is 0. The van der Waals surface area contributed by atoms with Gasteiger partial charge in [-0.15, -0.1) is 0 Å². The van der Waals surface area contributed by atoms with Crippen molar-refractivity contribution in [2.24, 2.45) is 0 Å². The molecule has 1 heterocycles. The van der Waals surface area contributed by atoms with Crippen molar-refractivity contribution in [3.63, 3.8) is 0 Å². The van der Waals surface area contributed by atoms with Crippen LogP contribution in [0.25, 0.3) is 0 Å². The Kier molecular flexibility index (Phi) is 3.94. The van der Waals surface area contributed by atoms with Crippen LogP contribution in [0.5, 0.6) is 0 Å². The number of aryl methyl sites for hydroxylation is 1. The molecule has 3 aromatic carbocycles. The first-order chi connectivity index (χ1) is 12.1. The van der Waals surface area contributed by atoms with E-state index in [1.807, 2.05) is 73.7 Å². The number of benzene rings is 3. The summed E-state index contributed by atoms with van der Waals surface area (Å²) in [5.74, 6) is 0. The second-order valence-corrected chi connectivity index (χ2v) is 6.62. The second kappa shape index (κ2) is 6.26. The van der Waals surface area contributed by atoms with Gasteiger partial charge in [0.05, 0.1) is 6.04 Å². The van der Waals surface area contributed by atoms with E-state index in [0.29, 0.717) is 5.02 Å². The van der Waals surface area contributed by atoms with Gasteiger partial charge in [-0.2, -0.15) is 0 Å². The van der Waals surface area contributed by atoms with Crippen LogP contribution in [-0.4, -0.2) is 6.03 Å². The first-order valence-corrected chi connectivity index (χ1v) is 8.52. The molecule has 1 aliphatic heterocycles. The maximum Gasteiger partial charge on any atom is 0.327 e. The van der Waals surface area contributed by atoms with E-state index in [-0.39, 0.29) is 12.1 Å². The van der Waals surface area contributed by atoms with Gasteiger partial charge >= 0.3 is 6.03 Å². The summed E-state index contributed by atoms with van der Waals surface area (Å²) in [6.07, 6.45) is 0. The molecule has 1 atom stereocenters. The molecule has 0 aliphatic carbocycles. The normalized spacial score (nSPS) is 16.3. The number of nitrogens with zero attached hydrogens (tertiary/aromatic N) is 1. The van der Waals surface area contributed by atoms with E-state index in [1.54, 1.807) is 11.0 Å². The Morgan fingerprint density at radius 3 is 2.40 bits per heavy atom. The summed E-state index contributed by atoms with van der Waals surface area (Å²) in [7, 11) is 0. The molecule has 2 amide bonds. The topological polar surface area (TPSA) is 32.3 Å². The molecular formula is C21H17ClN2O. The summed E-state index contributed by atoms with van der Waals surface area (Å²) in [6, 6.07) is 23.2. The summed E-state index contributed by atoms with van der Waals surface area (Å²) in [6.45, 7) is 2.03. The van der Waals surface area contributed by atoms with E-state index in [0.717, 1.165) is 28.1 Å². The number of urea groups is 1. The summed E-state index contributed by atoms with van der Waals surface area (Å²) in [5, 5.41) is 3.63. The zero-order valence-corrected chi connectivity index (χ0v) is 14.5. The number of fused-ring (bicyclic) bond motifs is 1. The van der Waals surface area contributed by atoms with Crippen LogP contribution in [0.3, 0.4) is 0 Å². The number of amides is 2. The molecule has 25 heavy (non-hydrogen) atoms. The lowest BCUT2D eigenvalue weighted by atomic mass is 9.93. The van der Waals surface area contributed by atoms with Gasteiger partial charge in [-0.1, -0.05) is 59.6 Å². The Labute approximate surface area is 151 Å². The molecule has 4 heteroatoms. The smallest absolute Gasteiger partial charge is 0.307 e. The third kappa shape index (κ3) is 2.87. The Morgan fingerprint density at radius 1 is 0.960 bits per heavy atom. The van der Waals surface area contributed by atoms with Crippen molar-refractivity contribution in [2.75, 3.05) is 10.2 Å². The zero-order chi connectivity index (χ0) is 17.4. The fraction of sp³-hybridized carbons (Fsp3) is 0.0952. The van der Waals surface area contributed by atoms with Gasteiger partial charge in [-0.25, -0.2) is 4.79 Å². The number of anilines is 2. The third-order valence-electron chi connectivity index (χ3n) is 4.45. The van der Waals surface area contributed by atoms with Crippen molar-refractivity contribution in [3.8, 4) is 0 Å². The zero-order valence-electron chi connectivity index (χ0n) is 13.7. The summed E-state index contributed by atoms with van der Waals surface area (Å²) >= 11 is 6.25. The van der Waals surface area contributed by atoms with Gasteiger partial charge in [0.2, 0.25) is 0 Å². The highest BCUT2D eigenvalue weighted by Gasteiger charge is 2.34. The second-order valence-electron chi connectivity index (χ2n) is 6.18. The highest BCUT2D eigenvalue weighted by Crippen LogP contribution is 2.41. The first-order valence-electron chi connectivity index (χ1n) is 8.15. The van der Waals surface area contributed by atoms with Crippen molar-refractivity contribution in [1.82, 2.24) is 0 Å². The van der Waals surface area contributed by atoms with Gasteiger partial charge in [0.15, 0.2) is 0 Å². The van der Waals surface area contributed by atoms with Gasteiger partial charge < -0.3 is 5.32 Å². The minimum Gasteiger partial charge on any atom is -0.307 e. The molecule has 3 nitrogen and oxygen atoms in total. The van der Waals surface area contributed by atoms with Gasteiger partial charge in [0.25, 0.3) is 0 Å². The van der Waals surface area contributed by atoms with Gasteiger partial charge in [0.1, 0.15) is 0 Å². The third-order valence-corrected chi connectivity index (χ3v) is 4.69. The van der Waals surface area contributed by atoms with Crippen molar-refractivity contribution >= 4 is 29.0 Å². The molecule has 0 radical (unpaired) electrons. The summed E-state index contributed by atoms with van der Waals surface area (Å²) in [5.41, 5.74) is 4.83. The van der Waals surface area contributed by atoms with Crippen LogP contribution in [0.15, 0.2) is 72.8 Å². The maximum absolute atomic E-state index is 12.9. The predicted molar refractivity (Wildman–Crippen MR) is 102 cm³/mol. The largest absolute Gasteiger partial charge is 0.327 e. The average Bonchev–Trinajstić information content (AvgIpc) is 2.63. The minimum atomic E-state index is -0.230. The molecule has 124 valence electrons. The summed E-state index contributed by atoms with van der Waals surface area (Å²) in [4.78, 5) is 14.7.